The molecule has 0 aromatic heterocycles. The number of rotatable bonds is 5. The van der Waals surface area contributed by atoms with Gasteiger partial charge in [0.1, 0.15) is 0 Å². The second kappa shape index (κ2) is 4.89. The lowest BCUT2D eigenvalue weighted by atomic mass is 10.2. The Morgan fingerprint density at radius 3 is 2.40 bits per heavy atom. The van der Waals surface area contributed by atoms with Crippen LogP contribution < -0.4 is 0 Å². The number of hydrogen-bond donors (Lipinski definition) is 2. The van der Waals surface area contributed by atoms with Crippen molar-refractivity contribution in [3.8, 4) is 0 Å². The molecule has 0 aliphatic carbocycles. The maximum Gasteiger partial charge on any atom is 0.325 e. The van der Waals surface area contributed by atoms with Gasteiger partial charge >= 0.3 is 7.60 Å². The van der Waals surface area contributed by atoms with Crippen molar-refractivity contribution in [2.45, 2.75) is 26.2 Å². The molecule has 0 fully saturated rings. The van der Waals surface area contributed by atoms with Crippen LogP contribution in [0.25, 0.3) is 0 Å². The van der Waals surface area contributed by atoms with Crippen molar-refractivity contribution in [1.82, 2.24) is 0 Å². The van der Waals surface area contributed by atoms with Crippen LogP contribution in [-0.4, -0.2) is 15.9 Å². The molecule has 0 atom stereocenters. The van der Waals surface area contributed by atoms with E-state index in [0.717, 1.165) is 12.8 Å². The predicted molar refractivity (Wildman–Crippen MR) is 40.7 cm³/mol. The smallest absolute Gasteiger partial charge is 0.324 e. The second-order valence-corrected chi connectivity index (χ2v) is 4.07. The van der Waals surface area contributed by atoms with E-state index in [1.54, 1.807) is 0 Å². The second-order valence-electron chi connectivity index (χ2n) is 2.29. The Hall–Kier alpha value is 0.150. The molecular weight excluding hydrogens is 151 g/mol. The number of hydrogen-bond acceptors (Lipinski definition) is 1. The van der Waals surface area contributed by atoms with Gasteiger partial charge in [-0.1, -0.05) is 19.8 Å². The van der Waals surface area contributed by atoms with Gasteiger partial charge in [0.25, 0.3) is 0 Å². The van der Waals surface area contributed by atoms with Crippen LogP contribution in [0.15, 0.2) is 0 Å². The van der Waals surface area contributed by atoms with Crippen LogP contribution in [-0.2, 0) is 4.57 Å². The van der Waals surface area contributed by atoms with E-state index in [1.165, 1.54) is 0 Å². The van der Waals surface area contributed by atoms with Crippen LogP contribution in [0, 0.1) is 6.42 Å². The third kappa shape index (κ3) is 8.15. The van der Waals surface area contributed by atoms with E-state index in [4.69, 9.17) is 9.79 Å². The lowest BCUT2D eigenvalue weighted by Crippen LogP contribution is -1.87. The minimum absolute atomic E-state index is 0.0286. The topological polar surface area (TPSA) is 57.5 Å². The normalized spacial score (nSPS) is 11.9. The Balaban J connectivity index is 3.13. The summed E-state index contributed by atoms with van der Waals surface area (Å²) in [6.45, 7) is 1.94. The molecule has 0 aromatic carbocycles. The largest absolute Gasteiger partial charge is 0.325 e. The van der Waals surface area contributed by atoms with Crippen LogP contribution in [0.5, 0.6) is 0 Å². The molecule has 4 heteroatoms. The van der Waals surface area contributed by atoms with Gasteiger partial charge in [-0.15, -0.1) is 0 Å². The molecule has 0 amide bonds. The Kier molecular flexibility index (Phi) is 4.96. The predicted octanol–water partition coefficient (Wildman–Crippen LogP) is 1.56. The van der Waals surface area contributed by atoms with Crippen molar-refractivity contribution in [3.63, 3.8) is 0 Å². The highest BCUT2D eigenvalue weighted by Gasteiger charge is 2.10. The van der Waals surface area contributed by atoms with Crippen molar-refractivity contribution in [2.24, 2.45) is 0 Å². The summed E-state index contributed by atoms with van der Waals surface area (Å²) in [6, 6.07) is 0. The zero-order valence-electron chi connectivity index (χ0n) is 6.16. The van der Waals surface area contributed by atoms with E-state index in [0.29, 0.717) is 6.42 Å². The zero-order valence-corrected chi connectivity index (χ0v) is 7.05. The highest BCUT2D eigenvalue weighted by Crippen LogP contribution is 2.35. The fraction of sp³-hybridized carbons (Fsp3) is 0.833. The minimum atomic E-state index is -3.72. The first-order chi connectivity index (χ1) is 4.56. The van der Waals surface area contributed by atoms with Crippen LogP contribution in [0.2, 0.25) is 0 Å². The van der Waals surface area contributed by atoms with Crippen molar-refractivity contribution >= 4 is 7.60 Å². The van der Waals surface area contributed by atoms with Gasteiger partial charge in [-0.2, -0.15) is 0 Å². The van der Waals surface area contributed by atoms with E-state index < -0.39 is 7.60 Å². The summed E-state index contributed by atoms with van der Waals surface area (Å²) >= 11 is 0. The Labute approximate surface area is 61.6 Å². The van der Waals surface area contributed by atoms with Gasteiger partial charge in [0, 0.05) is 6.16 Å². The van der Waals surface area contributed by atoms with Gasteiger partial charge in [0.15, 0.2) is 0 Å². The maximum atomic E-state index is 10.3. The summed E-state index contributed by atoms with van der Waals surface area (Å²) in [5.74, 6) is 0. The molecule has 61 valence electrons. The first-order valence-electron chi connectivity index (χ1n) is 3.38. The molecule has 0 aromatic rings. The fourth-order valence-corrected chi connectivity index (χ4v) is 1.30. The van der Waals surface area contributed by atoms with Gasteiger partial charge in [0.05, 0.1) is 0 Å². The van der Waals surface area contributed by atoms with E-state index in [-0.39, 0.29) is 6.16 Å². The average Bonchev–Trinajstić information content (AvgIpc) is 1.78. The third-order valence-electron chi connectivity index (χ3n) is 1.19. The van der Waals surface area contributed by atoms with Gasteiger partial charge in [0.2, 0.25) is 0 Å². The molecule has 2 N–H and O–H groups in total. The molecule has 0 aliphatic rings. The van der Waals surface area contributed by atoms with Crippen molar-refractivity contribution in [1.29, 1.82) is 0 Å². The molecule has 0 aliphatic heterocycles. The molecule has 1 radical (unpaired) electrons. The number of unbranched alkanes of at least 4 members (excludes halogenated alkanes) is 3. The van der Waals surface area contributed by atoms with Gasteiger partial charge in [-0.3, -0.25) is 4.57 Å². The average molecular weight is 165 g/mol. The first kappa shape index (κ1) is 10.2. The molecule has 10 heavy (non-hydrogen) atoms. The van der Waals surface area contributed by atoms with Crippen LogP contribution in [0.3, 0.4) is 0 Å². The van der Waals surface area contributed by atoms with E-state index in [1.807, 2.05) is 13.3 Å². The van der Waals surface area contributed by atoms with Crippen LogP contribution >= 0.6 is 7.60 Å². The molecule has 0 saturated heterocycles. The Bertz CT molecular complexity index is 118. The van der Waals surface area contributed by atoms with Gasteiger partial charge in [-0.05, 0) is 12.8 Å². The summed E-state index contributed by atoms with van der Waals surface area (Å²) in [6.07, 6.45) is 4.47. The monoisotopic (exact) mass is 165 g/mol. The van der Waals surface area contributed by atoms with E-state index in [9.17, 15) is 4.57 Å². The maximum absolute atomic E-state index is 10.3. The van der Waals surface area contributed by atoms with Crippen LogP contribution in [0.4, 0.5) is 0 Å². The Morgan fingerprint density at radius 1 is 1.40 bits per heavy atom. The molecule has 0 rings (SSSR count). The Morgan fingerprint density at radius 2 is 2.00 bits per heavy atom. The highest BCUT2D eigenvalue weighted by molar-refractivity contribution is 7.51. The molecule has 0 spiro atoms. The van der Waals surface area contributed by atoms with Crippen molar-refractivity contribution < 1.29 is 14.4 Å². The quantitative estimate of drug-likeness (QED) is 0.480. The zero-order chi connectivity index (χ0) is 8.04. The summed E-state index contributed by atoms with van der Waals surface area (Å²) in [5.41, 5.74) is 0. The molecule has 0 unspecified atom stereocenters. The molecular formula is C6H14O3P. The lowest BCUT2D eigenvalue weighted by Gasteiger charge is -2.01. The summed E-state index contributed by atoms with van der Waals surface area (Å²) in [4.78, 5) is 16.8. The van der Waals surface area contributed by atoms with Crippen molar-refractivity contribution in [2.75, 3.05) is 6.16 Å². The van der Waals surface area contributed by atoms with Crippen LogP contribution in [0.1, 0.15) is 26.2 Å². The fourth-order valence-electron chi connectivity index (χ4n) is 0.666. The highest BCUT2D eigenvalue weighted by atomic mass is 31.2. The lowest BCUT2D eigenvalue weighted by molar-refractivity contribution is 0.371. The standard InChI is InChI=1S/C6H14O3P/c1-2-3-4-5-6-10(7,8)9/h2H,3-6H2,1H3,(H2,7,8,9). The van der Waals surface area contributed by atoms with Gasteiger partial charge < -0.3 is 9.79 Å². The minimum Gasteiger partial charge on any atom is -0.324 e. The molecule has 0 bridgehead atoms. The summed E-state index contributed by atoms with van der Waals surface area (Å²) < 4.78 is 10.3. The third-order valence-corrected chi connectivity index (χ3v) is 2.09. The SMILES string of the molecule is C[CH]CCCCP(=O)(O)O. The van der Waals surface area contributed by atoms with Crippen molar-refractivity contribution in [3.05, 3.63) is 6.42 Å². The van der Waals surface area contributed by atoms with E-state index in [2.05, 4.69) is 0 Å². The first-order valence-corrected chi connectivity index (χ1v) is 5.18. The molecule has 0 heterocycles. The molecule has 3 nitrogen and oxygen atoms in total. The van der Waals surface area contributed by atoms with E-state index >= 15 is 0 Å². The summed E-state index contributed by atoms with van der Waals surface area (Å²) in [7, 11) is -3.72. The summed E-state index contributed by atoms with van der Waals surface area (Å²) in [5, 5.41) is 0. The van der Waals surface area contributed by atoms with Gasteiger partial charge in [-0.25, -0.2) is 0 Å². The molecule has 0 saturated carbocycles.